The molecule has 0 saturated carbocycles. The van der Waals surface area contributed by atoms with Gasteiger partial charge in [0.05, 0.1) is 5.56 Å². The minimum Gasteiger partial charge on any atom is -0.421 e. The van der Waals surface area contributed by atoms with Gasteiger partial charge in [-0.05, 0) is 30.0 Å². The molecule has 3 nitrogen and oxygen atoms in total. The lowest BCUT2D eigenvalue weighted by atomic mass is 10.0. The lowest BCUT2D eigenvalue weighted by Gasteiger charge is -2.08. The molecule has 0 spiro atoms. The first-order valence-electron chi connectivity index (χ1n) is 6.34. The third kappa shape index (κ3) is 2.80. The number of hydrogen-bond donors (Lipinski definition) is 0. The molecule has 0 radical (unpaired) electrons. The molecule has 0 unspecified atom stereocenters. The molecule has 0 atom stereocenters. The van der Waals surface area contributed by atoms with Crippen molar-refractivity contribution in [2.75, 3.05) is 0 Å². The fraction of sp³-hybridized carbons (Fsp3) is 0.429. The van der Waals surface area contributed by atoms with Crippen molar-refractivity contribution in [3.8, 4) is 11.5 Å². The van der Waals surface area contributed by atoms with E-state index in [4.69, 9.17) is 4.42 Å². The second-order valence-electron chi connectivity index (χ2n) is 4.76. The summed E-state index contributed by atoms with van der Waals surface area (Å²) in [7, 11) is 0. The summed E-state index contributed by atoms with van der Waals surface area (Å²) in [5.41, 5.74) is 0.353. The van der Waals surface area contributed by atoms with Crippen LogP contribution in [0.3, 0.4) is 0 Å². The fourth-order valence-electron chi connectivity index (χ4n) is 1.85. The number of hydrogen-bond acceptors (Lipinski definition) is 3. The van der Waals surface area contributed by atoms with Gasteiger partial charge in [0, 0.05) is 6.42 Å². The Morgan fingerprint density at radius 3 is 2.53 bits per heavy atom. The molecule has 102 valence electrons. The van der Waals surface area contributed by atoms with Gasteiger partial charge in [0.1, 0.15) is 11.6 Å². The smallest absolute Gasteiger partial charge is 0.250 e. The standard InChI is InChI=1S/C14H16F2N2O/c1-4-5-13-17-18-14(19-13)10-7-11(15)9(8(2)3)6-12(10)16/h6-8H,4-5H2,1-3H3. The van der Waals surface area contributed by atoms with Gasteiger partial charge in [0.2, 0.25) is 5.89 Å². The molecule has 1 aromatic carbocycles. The molecule has 0 amide bonds. The van der Waals surface area contributed by atoms with Crippen molar-refractivity contribution in [2.24, 2.45) is 0 Å². The van der Waals surface area contributed by atoms with Gasteiger partial charge in [-0.1, -0.05) is 20.8 Å². The summed E-state index contributed by atoms with van der Waals surface area (Å²) < 4.78 is 33.2. The van der Waals surface area contributed by atoms with E-state index in [-0.39, 0.29) is 17.4 Å². The van der Waals surface area contributed by atoms with Crippen LogP contribution < -0.4 is 0 Å². The zero-order valence-electron chi connectivity index (χ0n) is 11.2. The Morgan fingerprint density at radius 1 is 1.16 bits per heavy atom. The maximum absolute atomic E-state index is 14.0. The van der Waals surface area contributed by atoms with Crippen molar-refractivity contribution in [2.45, 2.75) is 39.5 Å². The maximum Gasteiger partial charge on any atom is 0.250 e. The van der Waals surface area contributed by atoms with E-state index in [0.29, 0.717) is 17.9 Å². The maximum atomic E-state index is 14.0. The molecule has 0 aliphatic rings. The van der Waals surface area contributed by atoms with Gasteiger partial charge >= 0.3 is 0 Å². The molecular formula is C14H16F2N2O. The highest BCUT2D eigenvalue weighted by molar-refractivity contribution is 5.55. The zero-order chi connectivity index (χ0) is 14.0. The summed E-state index contributed by atoms with van der Waals surface area (Å²) in [6.45, 7) is 5.59. The van der Waals surface area contributed by atoms with Crippen LogP contribution in [0.1, 0.15) is 44.6 Å². The first-order valence-corrected chi connectivity index (χ1v) is 6.34. The lowest BCUT2D eigenvalue weighted by molar-refractivity contribution is 0.496. The monoisotopic (exact) mass is 266 g/mol. The van der Waals surface area contributed by atoms with Crippen molar-refractivity contribution >= 4 is 0 Å². The molecule has 0 aliphatic carbocycles. The molecule has 1 aromatic heterocycles. The number of benzene rings is 1. The third-order valence-electron chi connectivity index (χ3n) is 2.87. The topological polar surface area (TPSA) is 38.9 Å². The summed E-state index contributed by atoms with van der Waals surface area (Å²) >= 11 is 0. The van der Waals surface area contributed by atoms with Crippen molar-refractivity contribution in [1.82, 2.24) is 10.2 Å². The van der Waals surface area contributed by atoms with Gasteiger partial charge in [0.15, 0.2) is 0 Å². The average Bonchev–Trinajstić information content (AvgIpc) is 2.80. The van der Waals surface area contributed by atoms with E-state index in [1.165, 1.54) is 6.07 Å². The van der Waals surface area contributed by atoms with E-state index in [1.807, 2.05) is 20.8 Å². The van der Waals surface area contributed by atoms with Crippen LogP contribution in [0.25, 0.3) is 11.5 Å². The molecule has 0 N–H and O–H groups in total. The van der Waals surface area contributed by atoms with Gasteiger partial charge in [-0.2, -0.15) is 0 Å². The number of aromatic nitrogens is 2. The molecule has 5 heteroatoms. The Hall–Kier alpha value is -1.78. The third-order valence-corrected chi connectivity index (χ3v) is 2.87. The van der Waals surface area contributed by atoms with E-state index in [0.717, 1.165) is 12.5 Å². The van der Waals surface area contributed by atoms with Crippen molar-refractivity contribution < 1.29 is 13.2 Å². The normalized spacial score (nSPS) is 11.3. The molecule has 0 bridgehead atoms. The molecule has 0 saturated heterocycles. The summed E-state index contributed by atoms with van der Waals surface area (Å²) in [6, 6.07) is 2.31. The summed E-state index contributed by atoms with van der Waals surface area (Å²) in [6.07, 6.45) is 1.48. The van der Waals surface area contributed by atoms with E-state index < -0.39 is 11.6 Å². The van der Waals surface area contributed by atoms with Crippen LogP contribution in [0.2, 0.25) is 0 Å². The lowest BCUT2D eigenvalue weighted by Crippen LogP contribution is -1.97. The van der Waals surface area contributed by atoms with Gasteiger partial charge < -0.3 is 4.42 Å². The van der Waals surface area contributed by atoms with Gasteiger partial charge in [0.25, 0.3) is 5.89 Å². The van der Waals surface area contributed by atoms with Crippen LogP contribution in [-0.2, 0) is 6.42 Å². The number of nitrogens with zero attached hydrogens (tertiary/aromatic N) is 2. The van der Waals surface area contributed by atoms with Crippen LogP contribution >= 0.6 is 0 Å². The van der Waals surface area contributed by atoms with Gasteiger partial charge in [-0.3, -0.25) is 0 Å². The predicted octanol–water partition coefficient (Wildman–Crippen LogP) is 4.09. The second kappa shape index (κ2) is 5.47. The molecular weight excluding hydrogens is 250 g/mol. The SMILES string of the molecule is CCCc1nnc(-c2cc(F)c(C(C)C)cc2F)o1. The summed E-state index contributed by atoms with van der Waals surface area (Å²) in [5, 5.41) is 7.56. The fourth-order valence-corrected chi connectivity index (χ4v) is 1.85. The van der Waals surface area contributed by atoms with Gasteiger partial charge in [-0.15, -0.1) is 10.2 Å². The van der Waals surface area contributed by atoms with Gasteiger partial charge in [-0.25, -0.2) is 8.78 Å². The Balaban J connectivity index is 2.41. The van der Waals surface area contributed by atoms with E-state index in [2.05, 4.69) is 10.2 Å². The highest BCUT2D eigenvalue weighted by Gasteiger charge is 2.17. The number of aryl methyl sites for hydroxylation is 1. The largest absolute Gasteiger partial charge is 0.421 e. The van der Waals surface area contributed by atoms with Crippen molar-refractivity contribution in [3.63, 3.8) is 0 Å². The minimum atomic E-state index is -0.545. The Labute approximate surface area is 110 Å². The van der Waals surface area contributed by atoms with E-state index in [1.54, 1.807) is 0 Å². The van der Waals surface area contributed by atoms with E-state index >= 15 is 0 Å². The minimum absolute atomic E-state index is 0.0109. The predicted molar refractivity (Wildman–Crippen MR) is 67.7 cm³/mol. The molecule has 1 heterocycles. The molecule has 0 aliphatic heterocycles. The first-order chi connectivity index (χ1) is 9.02. The molecule has 19 heavy (non-hydrogen) atoms. The summed E-state index contributed by atoms with van der Waals surface area (Å²) in [4.78, 5) is 0. The second-order valence-corrected chi connectivity index (χ2v) is 4.76. The zero-order valence-corrected chi connectivity index (χ0v) is 11.2. The number of rotatable bonds is 4. The Kier molecular flexibility index (Phi) is 3.93. The number of halogens is 2. The molecule has 0 fully saturated rings. The molecule has 2 rings (SSSR count). The van der Waals surface area contributed by atoms with Crippen molar-refractivity contribution in [1.29, 1.82) is 0 Å². The Bertz CT molecular complexity index is 579. The van der Waals surface area contributed by atoms with Crippen LogP contribution in [-0.4, -0.2) is 10.2 Å². The van der Waals surface area contributed by atoms with Crippen LogP contribution in [0.15, 0.2) is 16.5 Å². The first kappa shape index (κ1) is 13.6. The molecule has 2 aromatic rings. The highest BCUT2D eigenvalue weighted by atomic mass is 19.1. The van der Waals surface area contributed by atoms with Crippen LogP contribution in [0.5, 0.6) is 0 Å². The van der Waals surface area contributed by atoms with Crippen molar-refractivity contribution in [3.05, 3.63) is 35.2 Å². The summed E-state index contributed by atoms with van der Waals surface area (Å²) in [5.74, 6) is -0.624. The Morgan fingerprint density at radius 2 is 1.89 bits per heavy atom. The van der Waals surface area contributed by atoms with Crippen LogP contribution in [0.4, 0.5) is 8.78 Å². The van der Waals surface area contributed by atoms with E-state index in [9.17, 15) is 8.78 Å². The van der Waals surface area contributed by atoms with Crippen LogP contribution in [0, 0.1) is 11.6 Å². The highest BCUT2D eigenvalue weighted by Crippen LogP contribution is 2.28. The average molecular weight is 266 g/mol. The quantitative estimate of drug-likeness (QED) is 0.836.